The number of aromatic nitrogens is 4. The molecule has 7 heteroatoms. The Morgan fingerprint density at radius 3 is 2.81 bits per heavy atom. The van der Waals surface area contributed by atoms with Crippen LogP contribution < -0.4 is 10.5 Å². The molecule has 0 saturated carbocycles. The van der Waals surface area contributed by atoms with Crippen molar-refractivity contribution in [1.29, 1.82) is 0 Å². The molecule has 1 atom stereocenters. The van der Waals surface area contributed by atoms with E-state index in [1.54, 1.807) is 19.5 Å². The van der Waals surface area contributed by atoms with E-state index in [0.717, 1.165) is 24.5 Å². The van der Waals surface area contributed by atoms with Gasteiger partial charge in [-0.1, -0.05) is 0 Å². The first-order valence-corrected chi connectivity index (χ1v) is 6.82. The van der Waals surface area contributed by atoms with Gasteiger partial charge in [0.05, 0.1) is 31.6 Å². The number of nitrogens with zero attached hydrogens (tertiary/aromatic N) is 5. The van der Waals surface area contributed by atoms with Crippen LogP contribution in [0.15, 0.2) is 18.5 Å². The van der Waals surface area contributed by atoms with E-state index in [4.69, 9.17) is 10.5 Å². The van der Waals surface area contributed by atoms with Crippen molar-refractivity contribution in [3.63, 3.8) is 0 Å². The number of hydrogen-bond acceptors (Lipinski definition) is 6. The number of rotatable bonds is 6. The Labute approximate surface area is 124 Å². The Balaban J connectivity index is 2.34. The molecule has 1 unspecified atom stereocenters. The quantitative estimate of drug-likeness (QED) is 0.839. The van der Waals surface area contributed by atoms with Gasteiger partial charge in [0.2, 0.25) is 0 Å². The van der Waals surface area contributed by atoms with Gasteiger partial charge in [-0.25, -0.2) is 9.97 Å². The fraction of sp³-hybridized carbons (Fsp3) is 0.500. The minimum atomic E-state index is -0.397. The van der Waals surface area contributed by atoms with Gasteiger partial charge in [0.1, 0.15) is 11.5 Å². The largest absolute Gasteiger partial charge is 0.493 e. The number of aryl methyl sites for hydroxylation is 1. The van der Waals surface area contributed by atoms with Gasteiger partial charge in [0.25, 0.3) is 0 Å². The van der Waals surface area contributed by atoms with Crippen molar-refractivity contribution in [2.24, 2.45) is 5.73 Å². The third kappa shape index (κ3) is 3.56. The summed E-state index contributed by atoms with van der Waals surface area (Å²) in [6, 6.07) is 1.42. The Morgan fingerprint density at radius 1 is 1.43 bits per heavy atom. The van der Waals surface area contributed by atoms with Crippen LogP contribution in [0.25, 0.3) is 0 Å². The molecule has 2 heterocycles. The fourth-order valence-corrected chi connectivity index (χ4v) is 2.11. The molecule has 2 rings (SSSR count). The first kappa shape index (κ1) is 15.4. The lowest BCUT2D eigenvalue weighted by molar-refractivity contribution is 0.363. The average Bonchev–Trinajstić information content (AvgIpc) is 2.87. The maximum atomic E-state index is 6.37. The van der Waals surface area contributed by atoms with Gasteiger partial charge in [-0.15, -0.1) is 0 Å². The highest BCUT2D eigenvalue weighted by atomic mass is 16.5. The summed E-state index contributed by atoms with van der Waals surface area (Å²) in [7, 11) is 5.66. The molecular weight excluding hydrogens is 268 g/mol. The van der Waals surface area contributed by atoms with Gasteiger partial charge < -0.3 is 15.4 Å². The molecule has 0 saturated heterocycles. The SMILES string of the molecule is COc1cnn(CCN(C)C)c1C(N)c1ccnc(C)n1. The molecule has 0 amide bonds. The first-order chi connectivity index (χ1) is 10.0. The fourth-order valence-electron chi connectivity index (χ4n) is 2.11. The molecule has 2 aromatic heterocycles. The van der Waals surface area contributed by atoms with E-state index >= 15 is 0 Å². The molecule has 0 radical (unpaired) electrons. The average molecular weight is 290 g/mol. The molecular formula is C14H22N6O. The van der Waals surface area contributed by atoms with Crippen molar-refractivity contribution >= 4 is 0 Å². The lowest BCUT2D eigenvalue weighted by Crippen LogP contribution is -2.24. The Morgan fingerprint density at radius 2 is 2.19 bits per heavy atom. The second kappa shape index (κ2) is 6.64. The second-order valence-electron chi connectivity index (χ2n) is 5.13. The predicted molar refractivity (Wildman–Crippen MR) is 80.1 cm³/mol. The van der Waals surface area contributed by atoms with Crippen LogP contribution >= 0.6 is 0 Å². The van der Waals surface area contributed by atoms with Crippen molar-refractivity contribution in [1.82, 2.24) is 24.6 Å². The highest BCUT2D eigenvalue weighted by Crippen LogP contribution is 2.27. The van der Waals surface area contributed by atoms with E-state index in [1.165, 1.54) is 0 Å². The summed E-state index contributed by atoms with van der Waals surface area (Å²) in [6.45, 7) is 3.45. The lowest BCUT2D eigenvalue weighted by atomic mass is 10.1. The van der Waals surface area contributed by atoms with Crippen molar-refractivity contribution in [2.75, 3.05) is 27.7 Å². The van der Waals surface area contributed by atoms with Crippen LogP contribution in [0.1, 0.15) is 23.3 Å². The van der Waals surface area contributed by atoms with Gasteiger partial charge in [0.15, 0.2) is 5.75 Å². The molecule has 2 aromatic rings. The summed E-state index contributed by atoms with van der Waals surface area (Å²) in [4.78, 5) is 10.6. The molecule has 0 aliphatic rings. The molecule has 0 aliphatic heterocycles. The number of hydrogen-bond donors (Lipinski definition) is 1. The predicted octanol–water partition coefficient (Wildman–Crippen LogP) is 0.600. The minimum Gasteiger partial charge on any atom is -0.493 e. The zero-order valence-electron chi connectivity index (χ0n) is 12.9. The topological polar surface area (TPSA) is 82.1 Å². The molecule has 0 spiro atoms. The van der Waals surface area contributed by atoms with E-state index in [9.17, 15) is 0 Å². The molecule has 114 valence electrons. The third-order valence-electron chi connectivity index (χ3n) is 3.23. The number of methoxy groups -OCH3 is 1. The van der Waals surface area contributed by atoms with E-state index in [2.05, 4.69) is 20.0 Å². The maximum absolute atomic E-state index is 6.37. The highest BCUT2D eigenvalue weighted by molar-refractivity contribution is 5.33. The van der Waals surface area contributed by atoms with Crippen LogP contribution in [0.3, 0.4) is 0 Å². The summed E-state index contributed by atoms with van der Waals surface area (Å²) in [5, 5.41) is 4.37. The Hall–Kier alpha value is -1.99. The number of likely N-dealkylation sites (N-methyl/N-ethyl adjacent to an activating group) is 1. The smallest absolute Gasteiger partial charge is 0.161 e. The second-order valence-corrected chi connectivity index (χ2v) is 5.13. The zero-order valence-corrected chi connectivity index (χ0v) is 12.9. The zero-order chi connectivity index (χ0) is 15.4. The summed E-state index contributed by atoms with van der Waals surface area (Å²) in [6.07, 6.45) is 3.41. The van der Waals surface area contributed by atoms with Crippen molar-refractivity contribution in [3.05, 3.63) is 35.7 Å². The van der Waals surface area contributed by atoms with Gasteiger partial charge in [0, 0.05) is 12.7 Å². The number of nitrogens with two attached hydrogens (primary N) is 1. The molecule has 0 aliphatic carbocycles. The Bertz CT molecular complexity index is 595. The summed E-state index contributed by atoms with van der Waals surface area (Å²) in [5.41, 5.74) is 7.96. The molecule has 0 fully saturated rings. The molecule has 21 heavy (non-hydrogen) atoms. The van der Waals surface area contributed by atoms with E-state index in [-0.39, 0.29) is 0 Å². The molecule has 0 bridgehead atoms. The monoisotopic (exact) mass is 290 g/mol. The standard InChI is InChI=1S/C14H22N6O/c1-10-16-6-5-11(18-10)13(15)14-12(21-4)9-17-20(14)8-7-19(2)3/h5-6,9,13H,7-8,15H2,1-4H3. The van der Waals surface area contributed by atoms with E-state index in [1.807, 2.05) is 31.8 Å². The van der Waals surface area contributed by atoms with Crippen molar-refractivity contribution in [3.8, 4) is 5.75 Å². The Kier molecular flexibility index (Phi) is 4.87. The van der Waals surface area contributed by atoms with Crippen molar-refractivity contribution < 1.29 is 4.74 Å². The van der Waals surface area contributed by atoms with E-state index < -0.39 is 6.04 Å². The first-order valence-electron chi connectivity index (χ1n) is 6.82. The van der Waals surface area contributed by atoms with Crippen LogP contribution in [0.5, 0.6) is 5.75 Å². The van der Waals surface area contributed by atoms with Crippen LogP contribution in [0.4, 0.5) is 0 Å². The minimum absolute atomic E-state index is 0.397. The maximum Gasteiger partial charge on any atom is 0.161 e. The molecule has 7 nitrogen and oxygen atoms in total. The summed E-state index contributed by atoms with van der Waals surface area (Å²) in [5.74, 6) is 1.37. The third-order valence-corrected chi connectivity index (χ3v) is 3.23. The van der Waals surface area contributed by atoms with Gasteiger partial charge in [-0.2, -0.15) is 5.10 Å². The molecule has 0 aromatic carbocycles. The van der Waals surface area contributed by atoms with Crippen molar-refractivity contribution in [2.45, 2.75) is 19.5 Å². The summed E-state index contributed by atoms with van der Waals surface area (Å²) < 4.78 is 7.26. The normalized spacial score (nSPS) is 12.7. The van der Waals surface area contributed by atoms with Gasteiger partial charge in [-0.3, -0.25) is 4.68 Å². The van der Waals surface area contributed by atoms with Crippen LogP contribution in [0.2, 0.25) is 0 Å². The summed E-state index contributed by atoms with van der Waals surface area (Å²) >= 11 is 0. The van der Waals surface area contributed by atoms with Gasteiger partial charge >= 0.3 is 0 Å². The lowest BCUT2D eigenvalue weighted by Gasteiger charge is -2.17. The van der Waals surface area contributed by atoms with E-state index in [0.29, 0.717) is 11.6 Å². The van der Waals surface area contributed by atoms with Gasteiger partial charge in [-0.05, 0) is 27.1 Å². The highest BCUT2D eigenvalue weighted by Gasteiger charge is 2.21. The van der Waals surface area contributed by atoms with Crippen LogP contribution in [-0.4, -0.2) is 52.4 Å². The molecule has 2 N–H and O–H groups in total. The van der Waals surface area contributed by atoms with Crippen LogP contribution in [0, 0.1) is 6.92 Å². The number of ether oxygens (including phenoxy) is 1. The van der Waals surface area contributed by atoms with Crippen LogP contribution in [-0.2, 0) is 6.54 Å².